The van der Waals surface area contributed by atoms with E-state index >= 15 is 0 Å². The summed E-state index contributed by atoms with van der Waals surface area (Å²) in [6, 6.07) is 0. The van der Waals surface area contributed by atoms with Crippen LogP contribution < -0.4 is 5.32 Å². The van der Waals surface area contributed by atoms with Gasteiger partial charge in [-0.3, -0.25) is 4.79 Å². The third kappa shape index (κ3) is 3.32. The SMILES string of the molecule is O=C(C1CC12CCNCC2)N1CCN(S(=O)(=O)N2CCOCC2)CC1. The molecule has 3 aliphatic heterocycles. The second-order valence-electron chi connectivity index (χ2n) is 7.61. The molecule has 9 heteroatoms. The van der Waals surface area contributed by atoms with Crippen molar-refractivity contribution in [1.82, 2.24) is 18.8 Å². The van der Waals surface area contributed by atoms with Gasteiger partial charge in [0, 0.05) is 45.2 Å². The molecule has 4 fully saturated rings. The molecule has 142 valence electrons. The molecule has 4 rings (SSSR count). The number of hydrogen-bond donors (Lipinski definition) is 1. The van der Waals surface area contributed by atoms with Crippen molar-refractivity contribution in [2.24, 2.45) is 11.3 Å². The largest absolute Gasteiger partial charge is 0.379 e. The second kappa shape index (κ2) is 6.77. The predicted molar refractivity (Wildman–Crippen MR) is 92.1 cm³/mol. The lowest BCUT2D eigenvalue weighted by molar-refractivity contribution is -0.134. The van der Waals surface area contributed by atoms with E-state index in [0.717, 1.165) is 32.4 Å². The molecule has 0 aromatic rings. The normalized spacial score (nSPS) is 31.2. The molecule has 1 amide bonds. The van der Waals surface area contributed by atoms with E-state index < -0.39 is 10.2 Å². The van der Waals surface area contributed by atoms with Crippen LogP contribution in [0.3, 0.4) is 0 Å². The molecular formula is C16H28N4O4S. The van der Waals surface area contributed by atoms with Gasteiger partial charge < -0.3 is 15.0 Å². The van der Waals surface area contributed by atoms with Gasteiger partial charge in [0.15, 0.2) is 0 Å². The molecule has 0 aromatic heterocycles. The Balaban J connectivity index is 1.32. The van der Waals surface area contributed by atoms with E-state index in [-0.39, 0.29) is 17.2 Å². The van der Waals surface area contributed by atoms with Gasteiger partial charge in [-0.1, -0.05) is 0 Å². The number of rotatable bonds is 3. The van der Waals surface area contributed by atoms with Crippen LogP contribution in [0.1, 0.15) is 19.3 Å². The average molecular weight is 372 g/mol. The fourth-order valence-electron chi connectivity index (χ4n) is 4.47. The van der Waals surface area contributed by atoms with Gasteiger partial charge in [-0.2, -0.15) is 17.0 Å². The van der Waals surface area contributed by atoms with Crippen molar-refractivity contribution in [2.45, 2.75) is 19.3 Å². The minimum absolute atomic E-state index is 0.164. The molecule has 1 atom stereocenters. The van der Waals surface area contributed by atoms with Crippen LogP contribution in [0.2, 0.25) is 0 Å². The Morgan fingerprint density at radius 1 is 0.960 bits per heavy atom. The van der Waals surface area contributed by atoms with Gasteiger partial charge >= 0.3 is 0 Å². The standard InChI is InChI=1S/C16H28N4O4S/c21-15(14-13-16(14)1-3-17-4-2-16)18-5-7-19(8-6-18)25(22,23)20-9-11-24-12-10-20/h14,17H,1-13H2. The molecule has 1 saturated carbocycles. The third-order valence-electron chi connectivity index (χ3n) is 6.26. The number of carbonyl (C=O) groups is 1. The molecule has 0 aromatic carbocycles. The molecule has 3 saturated heterocycles. The Morgan fingerprint density at radius 2 is 1.56 bits per heavy atom. The molecule has 1 unspecified atom stereocenters. The topological polar surface area (TPSA) is 82.2 Å². The molecule has 1 N–H and O–H groups in total. The van der Waals surface area contributed by atoms with E-state index in [1.54, 1.807) is 0 Å². The number of piperazine rings is 1. The summed E-state index contributed by atoms with van der Waals surface area (Å²) in [7, 11) is -3.43. The van der Waals surface area contributed by atoms with Crippen LogP contribution in [-0.4, -0.2) is 93.4 Å². The van der Waals surface area contributed by atoms with E-state index in [9.17, 15) is 13.2 Å². The van der Waals surface area contributed by atoms with Gasteiger partial charge in [0.05, 0.1) is 13.2 Å². The summed E-state index contributed by atoms with van der Waals surface area (Å²) in [5, 5.41) is 3.36. The molecular weight excluding hydrogens is 344 g/mol. The first kappa shape index (κ1) is 17.7. The minimum atomic E-state index is -3.43. The first-order valence-corrected chi connectivity index (χ1v) is 10.8. The number of ether oxygens (including phenoxy) is 1. The Hall–Kier alpha value is -0.740. The summed E-state index contributed by atoms with van der Waals surface area (Å²) in [6.07, 6.45) is 3.20. The zero-order chi connectivity index (χ0) is 17.5. The van der Waals surface area contributed by atoms with Gasteiger partial charge in [0.1, 0.15) is 0 Å². The summed E-state index contributed by atoms with van der Waals surface area (Å²) in [5.74, 6) is 0.405. The molecule has 0 bridgehead atoms. The molecule has 1 aliphatic carbocycles. The smallest absolute Gasteiger partial charge is 0.282 e. The number of carbonyl (C=O) groups excluding carboxylic acids is 1. The number of morpholine rings is 1. The predicted octanol–water partition coefficient (Wildman–Crippen LogP) is -0.903. The highest BCUT2D eigenvalue weighted by Gasteiger charge is 2.58. The van der Waals surface area contributed by atoms with Crippen molar-refractivity contribution in [3.8, 4) is 0 Å². The summed E-state index contributed by atoms with van der Waals surface area (Å²) < 4.78 is 33.6. The lowest BCUT2D eigenvalue weighted by Crippen LogP contribution is -2.56. The highest BCUT2D eigenvalue weighted by Crippen LogP contribution is 2.59. The van der Waals surface area contributed by atoms with Crippen LogP contribution in [0.4, 0.5) is 0 Å². The van der Waals surface area contributed by atoms with Crippen molar-refractivity contribution in [3.05, 3.63) is 0 Å². The summed E-state index contributed by atoms with van der Waals surface area (Å²) in [4.78, 5) is 14.7. The Kier molecular flexibility index (Phi) is 4.78. The fourth-order valence-corrected chi connectivity index (χ4v) is 6.04. The Bertz CT molecular complexity index is 606. The van der Waals surface area contributed by atoms with E-state index in [4.69, 9.17) is 4.74 Å². The van der Waals surface area contributed by atoms with Crippen LogP contribution in [0.25, 0.3) is 0 Å². The van der Waals surface area contributed by atoms with Gasteiger partial charge in [0.25, 0.3) is 10.2 Å². The van der Waals surface area contributed by atoms with Gasteiger partial charge in [-0.15, -0.1) is 0 Å². The molecule has 8 nitrogen and oxygen atoms in total. The Labute approximate surface area is 149 Å². The number of amides is 1. The monoisotopic (exact) mass is 372 g/mol. The van der Waals surface area contributed by atoms with Crippen LogP contribution in [0.15, 0.2) is 0 Å². The molecule has 25 heavy (non-hydrogen) atoms. The fraction of sp³-hybridized carbons (Fsp3) is 0.938. The minimum Gasteiger partial charge on any atom is -0.379 e. The molecule has 0 radical (unpaired) electrons. The van der Waals surface area contributed by atoms with E-state index in [0.29, 0.717) is 52.5 Å². The van der Waals surface area contributed by atoms with Crippen molar-refractivity contribution in [3.63, 3.8) is 0 Å². The second-order valence-corrected chi connectivity index (χ2v) is 9.54. The molecule has 1 spiro atoms. The number of hydrogen-bond acceptors (Lipinski definition) is 5. The number of nitrogens with one attached hydrogen (secondary N) is 1. The van der Waals surface area contributed by atoms with E-state index in [1.165, 1.54) is 8.61 Å². The van der Waals surface area contributed by atoms with Crippen molar-refractivity contribution >= 4 is 16.1 Å². The van der Waals surface area contributed by atoms with E-state index in [2.05, 4.69) is 5.32 Å². The number of nitrogens with zero attached hydrogens (tertiary/aromatic N) is 3. The van der Waals surface area contributed by atoms with Crippen molar-refractivity contribution < 1.29 is 17.9 Å². The van der Waals surface area contributed by atoms with Crippen molar-refractivity contribution in [1.29, 1.82) is 0 Å². The first-order valence-electron chi connectivity index (χ1n) is 9.35. The zero-order valence-electron chi connectivity index (χ0n) is 14.7. The molecule has 4 aliphatic rings. The highest BCUT2D eigenvalue weighted by molar-refractivity contribution is 7.86. The van der Waals surface area contributed by atoms with Crippen LogP contribution in [0, 0.1) is 11.3 Å². The number of piperidine rings is 1. The summed E-state index contributed by atoms with van der Waals surface area (Å²) in [6.45, 7) is 5.57. The zero-order valence-corrected chi connectivity index (χ0v) is 15.5. The Morgan fingerprint density at radius 3 is 2.20 bits per heavy atom. The summed E-state index contributed by atoms with van der Waals surface area (Å²) in [5.41, 5.74) is 0.235. The maximum atomic E-state index is 12.8. The van der Waals surface area contributed by atoms with Gasteiger partial charge in [-0.05, 0) is 37.8 Å². The van der Waals surface area contributed by atoms with Gasteiger partial charge in [-0.25, -0.2) is 0 Å². The maximum absolute atomic E-state index is 12.8. The quantitative estimate of drug-likeness (QED) is 0.694. The first-order chi connectivity index (χ1) is 12.0. The molecule has 3 heterocycles. The third-order valence-corrected chi connectivity index (χ3v) is 8.30. The lowest BCUT2D eigenvalue weighted by Gasteiger charge is -2.38. The average Bonchev–Trinajstić information content (AvgIpc) is 3.35. The van der Waals surface area contributed by atoms with Crippen LogP contribution >= 0.6 is 0 Å². The summed E-state index contributed by atoms with van der Waals surface area (Å²) >= 11 is 0. The van der Waals surface area contributed by atoms with Crippen LogP contribution in [0.5, 0.6) is 0 Å². The van der Waals surface area contributed by atoms with Gasteiger partial charge in [0.2, 0.25) is 5.91 Å². The van der Waals surface area contributed by atoms with Crippen LogP contribution in [-0.2, 0) is 19.7 Å². The van der Waals surface area contributed by atoms with Crippen molar-refractivity contribution in [2.75, 3.05) is 65.6 Å². The lowest BCUT2D eigenvalue weighted by atomic mass is 9.91. The van der Waals surface area contributed by atoms with E-state index in [1.807, 2.05) is 4.90 Å². The maximum Gasteiger partial charge on any atom is 0.282 e. The highest BCUT2D eigenvalue weighted by atomic mass is 32.2.